The summed E-state index contributed by atoms with van der Waals surface area (Å²) in [6.07, 6.45) is 77.2. The summed E-state index contributed by atoms with van der Waals surface area (Å²) in [5.41, 5.74) is 0. The topological polar surface area (TPSA) is 95.9 Å². The van der Waals surface area contributed by atoms with Crippen LogP contribution in [0.5, 0.6) is 0 Å². The van der Waals surface area contributed by atoms with Crippen LogP contribution in [-0.2, 0) is 14.3 Å². The SMILES string of the molecule is CCCCC/C=C\C/C=C\CCCCCCCCCCCC(=O)OCCCCCCCCCCC/C=C\CCCCCCCCCC(=O)NC(CO)C(O)CCCCCCCCCCCCCCCCCC. The van der Waals surface area contributed by atoms with Gasteiger partial charge in [-0.05, 0) is 83.5 Å². The van der Waals surface area contributed by atoms with Gasteiger partial charge in [-0.25, -0.2) is 0 Å². The molecular weight excluding hydrogens is 887 g/mol. The minimum Gasteiger partial charge on any atom is -0.466 e. The Hall–Kier alpha value is -1.92. The fourth-order valence-electron chi connectivity index (χ4n) is 9.96. The molecule has 0 heterocycles. The van der Waals surface area contributed by atoms with Crippen LogP contribution in [0.4, 0.5) is 0 Å². The van der Waals surface area contributed by atoms with Gasteiger partial charge in [0.2, 0.25) is 5.91 Å². The molecule has 0 aliphatic carbocycles. The number of aliphatic hydroxyl groups excluding tert-OH is 2. The number of aliphatic hydroxyl groups is 2. The van der Waals surface area contributed by atoms with E-state index in [1.807, 2.05) is 0 Å². The zero-order valence-corrected chi connectivity index (χ0v) is 48.4. The minimum atomic E-state index is -0.670. The Kier molecular flexibility index (Phi) is 60.0. The number of allylic oxidation sites excluding steroid dienone is 6. The van der Waals surface area contributed by atoms with Crippen molar-refractivity contribution >= 4 is 11.9 Å². The Balaban J connectivity index is 3.42. The summed E-state index contributed by atoms with van der Waals surface area (Å²) < 4.78 is 5.49. The summed E-state index contributed by atoms with van der Waals surface area (Å²) in [5, 5.41) is 23.3. The molecule has 2 atom stereocenters. The number of ether oxygens (including phenoxy) is 1. The largest absolute Gasteiger partial charge is 0.466 e. The van der Waals surface area contributed by atoms with Crippen molar-refractivity contribution in [2.75, 3.05) is 13.2 Å². The van der Waals surface area contributed by atoms with Crippen LogP contribution < -0.4 is 5.32 Å². The number of unbranched alkanes of at least 4 members (excludes halogenated alkanes) is 43. The van der Waals surface area contributed by atoms with E-state index in [1.54, 1.807) is 0 Å². The van der Waals surface area contributed by atoms with Gasteiger partial charge in [0.1, 0.15) is 0 Å². The molecule has 3 N–H and O–H groups in total. The first-order valence-corrected chi connectivity index (χ1v) is 32.2. The Morgan fingerprint density at radius 2 is 0.694 bits per heavy atom. The molecule has 0 aromatic heterocycles. The highest BCUT2D eigenvalue weighted by Crippen LogP contribution is 2.18. The summed E-state index contributed by atoms with van der Waals surface area (Å²) in [4.78, 5) is 24.6. The third-order valence-electron chi connectivity index (χ3n) is 14.9. The monoisotopic (exact) mass is 1010 g/mol. The second-order valence-corrected chi connectivity index (χ2v) is 22.1. The molecule has 2 unspecified atom stereocenters. The maximum atomic E-state index is 12.5. The van der Waals surface area contributed by atoms with E-state index < -0.39 is 12.1 Å². The third kappa shape index (κ3) is 57.4. The predicted molar refractivity (Wildman–Crippen MR) is 315 cm³/mol. The quantitative estimate of drug-likeness (QED) is 0.0320. The van der Waals surface area contributed by atoms with E-state index in [-0.39, 0.29) is 18.5 Å². The van der Waals surface area contributed by atoms with Crippen LogP contribution in [0.3, 0.4) is 0 Å². The lowest BCUT2D eigenvalue weighted by molar-refractivity contribution is -0.143. The van der Waals surface area contributed by atoms with Crippen molar-refractivity contribution in [3.8, 4) is 0 Å². The average Bonchev–Trinajstić information content (AvgIpc) is 3.38. The highest BCUT2D eigenvalue weighted by atomic mass is 16.5. The van der Waals surface area contributed by atoms with Crippen molar-refractivity contribution in [1.82, 2.24) is 5.32 Å². The molecule has 0 aliphatic rings. The van der Waals surface area contributed by atoms with E-state index in [2.05, 4.69) is 55.6 Å². The maximum absolute atomic E-state index is 12.5. The van der Waals surface area contributed by atoms with Crippen LogP contribution in [0.1, 0.15) is 348 Å². The predicted octanol–water partition coefficient (Wildman–Crippen LogP) is 20.4. The van der Waals surface area contributed by atoms with E-state index in [4.69, 9.17) is 4.74 Å². The number of rotatable bonds is 60. The lowest BCUT2D eigenvalue weighted by Crippen LogP contribution is -2.45. The van der Waals surface area contributed by atoms with E-state index in [9.17, 15) is 19.8 Å². The van der Waals surface area contributed by atoms with Gasteiger partial charge in [-0.15, -0.1) is 0 Å². The minimum absolute atomic E-state index is 0.00280. The summed E-state index contributed by atoms with van der Waals surface area (Å²) in [7, 11) is 0. The van der Waals surface area contributed by atoms with Crippen LogP contribution >= 0.6 is 0 Å². The van der Waals surface area contributed by atoms with E-state index >= 15 is 0 Å². The lowest BCUT2D eigenvalue weighted by Gasteiger charge is -2.22. The van der Waals surface area contributed by atoms with Crippen LogP contribution in [-0.4, -0.2) is 47.4 Å². The summed E-state index contributed by atoms with van der Waals surface area (Å²) in [6, 6.07) is -0.548. The summed E-state index contributed by atoms with van der Waals surface area (Å²) in [6.45, 7) is 4.94. The molecule has 424 valence electrons. The lowest BCUT2D eigenvalue weighted by atomic mass is 10.0. The van der Waals surface area contributed by atoms with E-state index in [1.165, 1.54) is 263 Å². The molecule has 6 nitrogen and oxygen atoms in total. The first-order chi connectivity index (χ1) is 35.5. The van der Waals surface area contributed by atoms with Gasteiger partial charge in [-0.3, -0.25) is 9.59 Å². The molecule has 72 heavy (non-hydrogen) atoms. The van der Waals surface area contributed by atoms with Crippen molar-refractivity contribution < 1.29 is 24.5 Å². The van der Waals surface area contributed by atoms with Crippen molar-refractivity contribution in [2.24, 2.45) is 0 Å². The maximum Gasteiger partial charge on any atom is 0.305 e. The molecule has 6 heteroatoms. The number of hydrogen-bond acceptors (Lipinski definition) is 5. The molecule has 0 aromatic carbocycles. The Morgan fingerprint density at radius 3 is 1.10 bits per heavy atom. The normalized spacial score (nSPS) is 12.8. The molecule has 1 amide bonds. The number of amides is 1. The molecule has 0 aliphatic heterocycles. The highest BCUT2D eigenvalue weighted by Gasteiger charge is 2.20. The van der Waals surface area contributed by atoms with Crippen molar-refractivity contribution in [1.29, 1.82) is 0 Å². The molecule has 0 spiro atoms. The Labute approximate surface area is 449 Å². The van der Waals surface area contributed by atoms with E-state index in [0.29, 0.717) is 25.9 Å². The third-order valence-corrected chi connectivity index (χ3v) is 14.9. The number of hydrogen-bond donors (Lipinski definition) is 3. The molecule has 0 aromatic rings. The Bertz CT molecular complexity index is 1170. The van der Waals surface area contributed by atoms with Crippen LogP contribution in [0, 0.1) is 0 Å². The van der Waals surface area contributed by atoms with Crippen LogP contribution in [0.2, 0.25) is 0 Å². The van der Waals surface area contributed by atoms with Gasteiger partial charge in [0.15, 0.2) is 0 Å². The second kappa shape index (κ2) is 61.6. The number of carbonyl (C=O) groups is 2. The summed E-state index contributed by atoms with van der Waals surface area (Å²) >= 11 is 0. The van der Waals surface area contributed by atoms with Gasteiger partial charge in [0.25, 0.3) is 0 Å². The number of esters is 1. The van der Waals surface area contributed by atoms with Crippen molar-refractivity contribution in [3.63, 3.8) is 0 Å². The van der Waals surface area contributed by atoms with Crippen molar-refractivity contribution in [3.05, 3.63) is 36.5 Å². The van der Waals surface area contributed by atoms with Crippen LogP contribution in [0.15, 0.2) is 36.5 Å². The first-order valence-electron chi connectivity index (χ1n) is 32.2. The number of carbonyl (C=O) groups excluding carboxylic acids is 2. The molecule has 0 rings (SSSR count). The zero-order valence-electron chi connectivity index (χ0n) is 48.4. The summed E-state index contributed by atoms with van der Waals surface area (Å²) in [5.74, 6) is -0.0390. The van der Waals surface area contributed by atoms with Crippen LogP contribution in [0.25, 0.3) is 0 Å². The first kappa shape index (κ1) is 70.1. The molecule has 0 bridgehead atoms. The molecule has 0 saturated carbocycles. The molecular formula is C66H125NO5. The van der Waals surface area contributed by atoms with Gasteiger partial charge in [-0.1, -0.05) is 288 Å². The van der Waals surface area contributed by atoms with E-state index in [0.717, 1.165) is 51.4 Å². The molecule has 0 saturated heterocycles. The Morgan fingerprint density at radius 1 is 0.389 bits per heavy atom. The van der Waals surface area contributed by atoms with Gasteiger partial charge >= 0.3 is 5.97 Å². The number of nitrogens with one attached hydrogen (secondary N) is 1. The van der Waals surface area contributed by atoms with Gasteiger partial charge in [-0.2, -0.15) is 0 Å². The zero-order chi connectivity index (χ0) is 52.2. The standard InChI is InChI=1S/C66H125NO5/c1-3-5-7-9-11-13-15-17-19-21-24-28-32-36-40-44-48-52-56-60-66(71)72-61-57-53-49-45-41-37-33-29-26-23-22-25-27-31-35-39-43-47-51-55-59-65(70)67-63(62-68)64(69)58-54-50-46-42-38-34-30-20-18-16-14-12-10-8-6-4-2/h11,13,17,19,22,25,63-64,68-69H,3-10,12,14-16,18,20-21,23-24,26-62H2,1-2H3,(H,67,70)/b13-11-,19-17-,25-22-. The van der Waals surface area contributed by atoms with Crippen molar-refractivity contribution in [2.45, 2.75) is 360 Å². The van der Waals surface area contributed by atoms with Gasteiger partial charge in [0, 0.05) is 12.8 Å². The van der Waals surface area contributed by atoms with Gasteiger partial charge in [0.05, 0.1) is 25.4 Å². The smallest absolute Gasteiger partial charge is 0.305 e. The fourth-order valence-corrected chi connectivity index (χ4v) is 9.96. The fraction of sp³-hybridized carbons (Fsp3) is 0.879. The molecule has 0 radical (unpaired) electrons. The van der Waals surface area contributed by atoms with Gasteiger partial charge < -0.3 is 20.3 Å². The highest BCUT2D eigenvalue weighted by molar-refractivity contribution is 5.76. The second-order valence-electron chi connectivity index (χ2n) is 22.1. The molecule has 0 fully saturated rings. The average molecular weight is 1010 g/mol.